The van der Waals surface area contributed by atoms with Gasteiger partial charge in [0.05, 0.1) is 10.6 Å². The van der Waals surface area contributed by atoms with Crippen LogP contribution in [0.25, 0.3) is 16.9 Å². The molecule has 1 saturated carbocycles. The predicted octanol–water partition coefficient (Wildman–Crippen LogP) is 6.88. The number of anilines is 3. The van der Waals surface area contributed by atoms with Crippen LogP contribution < -0.4 is 10.2 Å². The number of thiophene rings is 1. The van der Waals surface area contributed by atoms with Crippen LogP contribution in [0.15, 0.2) is 67.1 Å². The van der Waals surface area contributed by atoms with Gasteiger partial charge in [-0.2, -0.15) is 0 Å². The Balaban J connectivity index is 1.04. The van der Waals surface area contributed by atoms with Crippen LogP contribution in [0.4, 0.5) is 21.6 Å². The fourth-order valence-corrected chi connectivity index (χ4v) is 8.27. The topological polar surface area (TPSA) is 65.8 Å². The molecule has 2 aromatic carbocycles. The summed E-state index contributed by atoms with van der Waals surface area (Å²) in [6, 6.07) is 15.4. The molecule has 9 heteroatoms. The number of fused-ring (bicyclic) bond motifs is 6. The van der Waals surface area contributed by atoms with Crippen LogP contribution >= 0.6 is 11.3 Å². The van der Waals surface area contributed by atoms with E-state index in [4.69, 9.17) is 4.98 Å². The normalized spacial score (nSPS) is 19.7. The van der Waals surface area contributed by atoms with Gasteiger partial charge >= 0.3 is 0 Å². The molecule has 2 atom stereocenters. The van der Waals surface area contributed by atoms with E-state index in [0.717, 1.165) is 42.3 Å². The van der Waals surface area contributed by atoms with Crippen LogP contribution in [0, 0.1) is 5.82 Å². The van der Waals surface area contributed by atoms with E-state index >= 15 is 4.39 Å². The largest absolute Gasteiger partial charge is 0.369 e. The van der Waals surface area contributed by atoms with Crippen molar-refractivity contribution in [3.8, 4) is 11.3 Å². The summed E-state index contributed by atoms with van der Waals surface area (Å²) in [4.78, 5) is 29.6. The molecule has 1 aliphatic heterocycles. The molecule has 7 nitrogen and oxygen atoms in total. The van der Waals surface area contributed by atoms with Crippen molar-refractivity contribution in [2.45, 2.75) is 37.5 Å². The number of carbonyl (C=O) groups excluding carboxylic acids is 1. The summed E-state index contributed by atoms with van der Waals surface area (Å²) < 4.78 is 16.9. The molecule has 3 aliphatic rings. The molecular formula is C34H33FN6OS. The summed E-state index contributed by atoms with van der Waals surface area (Å²) in [5.41, 5.74) is 5.99. The molecule has 8 rings (SSSR count). The van der Waals surface area contributed by atoms with E-state index < -0.39 is 0 Å². The average Bonchev–Trinajstić information content (AvgIpc) is 3.82. The Morgan fingerprint density at radius 2 is 1.86 bits per heavy atom. The molecule has 2 aliphatic carbocycles. The number of nitrogens with zero attached hydrogens (tertiary/aromatic N) is 5. The van der Waals surface area contributed by atoms with E-state index in [1.165, 1.54) is 41.5 Å². The minimum Gasteiger partial charge on any atom is -0.369 e. The van der Waals surface area contributed by atoms with Crippen molar-refractivity contribution in [1.29, 1.82) is 0 Å². The molecule has 2 fully saturated rings. The van der Waals surface area contributed by atoms with Crippen molar-refractivity contribution in [3.05, 3.63) is 93.8 Å². The van der Waals surface area contributed by atoms with Crippen LogP contribution in [0.3, 0.4) is 0 Å². The smallest absolute Gasteiger partial charge is 0.180 e. The summed E-state index contributed by atoms with van der Waals surface area (Å²) in [5.74, 6) is 1.45. The van der Waals surface area contributed by atoms with Gasteiger partial charge in [0.1, 0.15) is 5.82 Å². The molecule has 218 valence electrons. The third-order valence-corrected chi connectivity index (χ3v) is 10.7. The van der Waals surface area contributed by atoms with Crippen LogP contribution in [0.1, 0.15) is 56.8 Å². The molecule has 2 unspecified atom stereocenters. The molecule has 0 radical (unpaired) electrons. The minimum atomic E-state index is -0.372. The monoisotopic (exact) mass is 592 g/mol. The standard InChI is InChI=1S/C34H33FN6OS/c1-39-12-14-40(15-13-39)26-7-5-25(6-8-26)37-33-34-36-10-11-41(34)20-29(38-33)22-4-9-28(35)24(17-22)18-30(42)31-19-27-21-2-3-23(16-21)32(27)43-31/h4-11,17,19-21,23H,2-3,12-16,18H2,1H3,(H,37,38). The summed E-state index contributed by atoms with van der Waals surface area (Å²) in [7, 11) is 2.16. The maximum atomic E-state index is 15.0. The number of Topliss-reactive ketones (excluding diaryl/α,β-unsaturated/α-hetero) is 1. The van der Waals surface area contributed by atoms with Gasteiger partial charge in [-0.3, -0.25) is 4.79 Å². The molecule has 1 saturated heterocycles. The van der Waals surface area contributed by atoms with Crippen molar-refractivity contribution in [1.82, 2.24) is 19.3 Å². The van der Waals surface area contributed by atoms with Crippen LogP contribution in [-0.4, -0.2) is 58.3 Å². The third kappa shape index (κ3) is 4.90. The van der Waals surface area contributed by atoms with E-state index in [0.29, 0.717) is 34.6 Å². The third-order valence-electron chi connectivity index (χ3n) is 9.37. The van der Waals surface area contributed by atoms with Crippen LogP contribution in [-0.2, 0) is 6.42 Å². The van der Waals surface area contributed by atoms with Gasteiger partial charge in [0, 0.05) is 73.0 Å². The fourth-order valence-electron chi connectivity index (χ4n) is 6.94. The van der Waals surface area contributed by atoms with E-state index in [-0.39, 0.29) is 18.0 Å². The second kappa shape index (κ2) is 10.6. The zero-order chi connectivity index (χ0) is 29.1. The maximum absolute atomic E-state index is 15.0. The SMILES string of the molecule is CN1CCN(c2ccc(Nc3nc(-c4ccc(F)c(CC(=O)c5cc6c(s5)C5CCC6C5)c4)cn4ccnc34)cc2)CC1. The number of nitrogens with one attached hydrogen (secondary N) is 1. The first-order valence-corrected chi connectivity index (χ1v) is 15.9. The Bertz CT molecular complexity index is 1810. The lowest BCUT2D eigenvalue weighted by molar-refractivity contribution is 0.0995. The lowest BCUT2D eigenvalue weighted by atomic mass is 9.98. The molecule has 0 amide bonds. The van der Waals surface area contributed by atoms with E-state index in [2.05, 4.69) is 57.5 Å². The van der Waals surface area contributed by atoms with E-state index in [1.807, 2.05) is 16.8 Å². The number of rotatable bonds is 7. The number of benzene rings is 2. The summed E-state index contributed by atoms with van der Waals surface area (Å²) >= 11 is 1.63. The second-order valence-corrected chi connectivity index (χ2v) is 13.2. The maximum Gasteiger partial charge on any atom is 0.180 e. The molecular weight excluding hydrogens is 559 g/mol. The highest BCUT2D eigenvalue weighted by molar-refractivity contribution is 7.14. The van der Waals surface area contributed by atoms with Gasteiger partial charge in [0.25, 0.3) is 0 Å². The van der Waals surface area contributed by atoms with Gasteiger partial charge < -0.3 is 19.5 Å². The van der Waals surface area contributed by atoms with E-state index in [9.17, 15) is 4.79 Å². The first-order valence-electron chi connectivity index (χ1n) is 15.1. The zero-order valence-corrected chi connectivity index (χ0v) is 24.9. The van der Waals surface area contributed by atoms with Crippen LogP contribution in [0.2, 0.25) is 0 Å². The second-order valence-electron chi connectivity index (χ2n) is 12.1. The van der Waals surface area contributed by atoms with Crippen molar-refractivity contribution in [2.24, 2.45) is 0 Å². The number of aromatic nitrogens is 3. The van der Waals surface area contributed by atoms with Crippen molar-refractivity contribution in [2.75, 3.05) is 43.4 Å². The molecule has 43 heavy (non-hydrogen) atoms. The van der Waals surface area contributed by atoms with Crippen molar-refractivity contribution in [3.63, 3.8) is 0 Å². The quantitative estimate of drug-likeness (QED) is 0.208. The van der Waals surface area contributed by atoms with Gasteiger partial charge in [-0.15, -0.1) is 11.3 Å². The van der Waals surface area contributed by atoms with Crippen LogP contribution in [0.5, 0.6) is 0 Å². The average molecular weight is 593 g/mol. The number of likely N-dealkylation sites (N-methyl/N-ethyl adjacent to an activating group) is 1. The fraction of sp³-hybridized carbons (Fsp3) is 0.324. The lowest BCUT2D eigenvalue weighted by Crippen LogP contribution is -2.44. The van der Waals surface area contributed by atoms with E-state index in [1.54, 1.807) is 29.7 Å². The molecule has 0 spiro atoms. The highest BCUT2D eigenvalue weighted by atomic mass is 32.1. The highest BCUT2D eigenvalue weighted by Crippen LogP contribution is 2.56. The Morgan fingerprint density at radius 3 is 2.67 bits per heavy atom. The number of hydrogen-bond acceptors (Lipinski definition) is 7. The van der Waals surface area contributed by atoms with Gasteiger partial charge in [-0.05, 0) is 97.8 Å². The Labute approximate surface area is 254 Å². The summed E-state index contributed by atoms with van der Waals surface area (Å²) in [6.45, 7) is 4.15. The number of imidazole rings is 1. The number of piperazine rings is 1. The Hall–Kier alpha value is -4.08. The highest BCUT2D eigenvalue weighted by Gasteiger charge is 2.39. The van der Waals surface area contributed by atoms with Gasteiger partial charge in [-0.1, -0.05) is 0 Å². The summed E-state index contributed by atoms with van der Waals surface area (Å²) in [6.07, 6.45) is 9.23. The van der Waals surface area contributed by atoms with Crippen molar-refractivity contribution < 1.29 is 9.18 Å². The molecule has 1 N–H and O–H groups in total. The molecule has 3 aromatic heterocycles. The lowest BCUT2D eigenvalue weighted by Gasteiger charge is -2.34. The number of ketones is 1. The number of halogens is 1. The predicted molar refractivity (Wildman–Crippen MR) is 170 cm³/mol. The van der Waals surface area contributed by atoms with Crippen molar-refractivity contribution >= 4 is 40.0 Å². The molecule has 5 aromatic rings. The number of hydrogen-bond donors (Lipinski definition) is 1. The Morgan fingerprint density at radius 1 is 1.05 bits per heavy atom. The number of carbonyl (C=O) groups is 1. The first-order chi connectivity index (χ1) is 21.0. The summed E-state index contributed by atoms with van der Waals surface area (Å²) in [5, 5.41) is 3.44. The van der Waals surface area contributed by atoms with Gasteiger partial charge in [0.15, 0.2) is 17.2 Å². The molecule has 4 heterocycles. The minimum absolute atomic E-state index is 0.0183. The zero-order valence-electron chi connectivity index (χ0n) is 24.1. The van der Waals surface area contributed by atoms with Gasteiger partial charge in [-0.25, -0.2) is 14.4 Å². The Kier molecular flexibility index (Phi) is 6.53. The first kappa shape index (κ1) is 26.5. The molecule has 2 bridgehead atoms. The van der Waals surface area contributed by atoms with Gasteiger partial charge in [0.2, 0.25) is 0 Å².